The molecule has 118 valence electrons. The monoisotopic (exact) mass is 321 g/mol. The van der Waals surface area contributed by atoms with Gasteiger partial charge in [0.2, 0.25) is 0 Å². The van der Waals surface area contributed by atoms with Crippen molar-refractivity contribution < 1.29 is 0 Å². The summed E-state index contributed by atoms with van der Waals surface area (Å²) in [6, 6.07) is 19.4. The maximum Gasteiger partial charge on any atom is 0.0287 e. The Hall–Kier alpha value is -1.93. The molecule has 0 saturated heterocycles. The summed E-state index contributed by atoms with van der Waals surface area (Å²) in [6.45, 7) is 8.00. The summed E-state index contributed by atoms with van der Waals surface area (Å²) in [4.78, 5) is 1.24. The fraction of sp³-hybridized carbons (Fsp3) is 0.238. The van der Waals surface area contributed by atoms with E-state index in [9.17, 15) is 0 Å². The van der Waals surface area contributed by atoms with E-state index in [1.54, 1.807) is 11.9 Å². The van der Waals surface area contributed by atoms with Crippen LogP contribution in [-0.4, -0.2) is 0 Å². The topological polar surface area (TPSA) is 12.0 Å². The van der Waals surface area contributed by atoms with Gasteiger partial charge in [0.05, 0.1) is 0 Å². The average Bonchev–Trinajstić information content (AvgIpc) is 3.39. The van der Waals surface area contributed by atoms with Crippen LogP contribution >= 0.6 is 11.9 Å². The molecule has 0 aromatic heterocycles. The first-order valence-corrected chi connectivity index (χ1v) is 8.95. The number of nitrogens with one attached hydrogen (secondary N) is 1. The third-order valence-electron chi connectivity index (χ3n) is 4.33. The van der Waals surface area contributed by atoms with Gasteiger partial charge in [-0.3, -0.25) is 0 Å². The van der Waals surface area contributed by atoms with Crippen LogP contribution in [0.4, 0.5) is 0 Å². The minimum Gasteiger partial charge on any atom is -0.330 e. The van der Waals surface area contributed by atoms with Crippen molar-refractivity contribution in [1.29, 1.82) is 0 Å². The molecule has 1 saturated carbocycles. The molecule has 0 radical (unpaired) electrons. The Balaban J connectivity index is 1.51. The Morgan fingerprint density at radius 3 is 2.57 bits per heavy atom. The largest absolute Gasteiger partial charge is 0.330 e. The highest BCUT2D eigenvalue weighted by Crippen LogP contribution is 2.44. The minimum absolute atomic E-state index is 0.571. The fourth-order valence-corrected chi connectivity index (χ4v) is 3.53. The van der Waals surface area contributed by atoms with Crippen LogP contribution in [-0.2, 0) is 12.8 Å². The number of rotatable bonds is 8. The molecule has 0 heterocycles. The second-order valence-corrected chi connectivity index (χ2v) is 6.98. The lowest BCUT2D eigenvalue weighted by molar-refractivity contribution is 0.886. The Kier molecular flexibility index (Phi) is 5.24. The van der Waals surface area contributed by atoms with Gasteiger partial charge in [-0.1, -0.05) is 55.1 Å². The van der Waals surface area contributed by atoms with E-state index in [-0.39, 0.29) is 0 Å². The third-order valence-corrected chi connectivity index (χ3v) is 5.19. The van der Waals surface area contributed by atoms with E-state index in [1.165, 1.54) is 22.4 Å². The van der Waals surface area contributed by atoms with Crippen molar-refractivity contribution >= 4 is 11.9 Å². The highest BCUT2D eigenvalue weighted by molar-refractivity contribution is 7.97. The summed E-state index contributed by atoms with van der Waals surface area (Å²) >= 11 is 1.66. The second-order valence-electron chi connectivity index (χ2n) is 6.10. The Morgan fingerprint density at radius 2 is 1.83 bits per heavy atom. The first-order valence-electron chi connectivity index (χ1n) is 8.13. The molecule has 3 rings (SSSR count). The van der Waals surface area contributed by atoms with Gasteiger partial charge in [0.1, 0.15) is 0 Å². The van der Waals surface area contributed by atoms with Gasteiger partial charge >= 0.3 is 0 Å². The number of hydrogen-bond donors (Lipinski definition) is 1. The summed E-state index contributed by atoms with van der Waals surface area (Å²) in [7, 11) is 0. The molecule has 1 aliphatic carbocycles. The van der Waals surface area contributed by atoms with Crippen molar-refractivity contribution in [3.05, 3.63) is 90.7 Å². The first kappa shape index (κ1) is 15.9. The van der Waals surface area contributed by atoms with Gasteiger partial charge in [-0.05, 0) is 60.4 Å². The van der Waals surface area contributed by atoms with E-state index in [0.717, 1.165) is 18.5 Å². The van der Waals surface area contributed by atoms with Crippen molar-refractivity contribution in [2.24, 2.45) is 11.8 Å². The predicted molar refractivity (Wildman–Crippen MR) is 100 cm³/mol. The number of aryl methyl sites for hydroxylation is 2. The van der Waals surface area contributed by atoms with Crippen LogP contribution in [0.2, 0.25) is 0 Å². The van der Waals surface area contributed by atoms with Crippen molar-refractivity contribution in [2.75, 3.05) is 0 Å². The lowest BCUT2D eigenvalue weighted by Gasteiger charge is -2.09. The third kappa shape index (κ3) is 4.52. The van der Waals surface area contributed by atoms with Crippen LogP contribution in [0.5, 0.6) is 0 Å². The molecular weight excluding hydrogens is 298 g/mol. The normalized spacial score (nSPS) is 19.1. The van der Waals surface area contributed by atoms with E-state index >= 15 is 0 Å². The Morgan fingerprint density at radius 1 is 1.09 bits per heavy atom. The van der Waals surface area contributed by atoms with Crippen molar-refractivity contribution in [3.8, 4) is 0 Å². The summed E-state index contributed by atoms with van der Waals surface area (Å²) in [5.41, 5.74) is 3.89. The Labute approximate surface area is 143 Å². The zero-order chi connectivity index (χ0) is 16.1. The Bertz CT molecular complexity index is 677. The molecule has 2 aromatic rings. The fourth-order valence-electron chi connectivity index (χ4n) is 2.77. The minimum atomic E-state index is 0.571. The molecule has 0 aliphatic heterocycles. The molecule has 2 atom stereocenters. The van der Waals surface area contributed by atoms with Crippen LogP contribution in [0.15, 0.2) is 84.4 Å². The van der Waals surface area contributed by atoms with Gasteiger partial charge < -0.3 is 4.72 Å². The van der Waals surface area contributed by atoms with E-state index in [1.807, 2.05) is 6.08 Å². The van der Waals surface area contributed by atoms with Gasteiger partial charge in [0.15, 0.2) is 0 Å². The first-order chi connectivity index (χ1) is 11.3. The maximum absolute atomic E-state index is 4.15. The van der Waals surface area contributed by atoms with Crippen LogP contribution < -0.4 is 4.72 Å². The zero-order valence-electron chi connectivity index (χ0n) is 13.4. The molecule has 2 aromatic carbocycles. The molecule has 0 amide bonds. The van der Waals surface area contributed by atoms with E-state index in [0.29, 0.717) is 11.8 Å². The summed E-state index contributed by atoms with van der Waals surface area (Å²) in [5.74, 6) is 1.19. The number of hydrogen-bond acceptors (Lipinski definition) is 2. The number of benzene rings is 2. The highest BCUT2D eigenvalue weighted by Gasteiger charge is 2.36. The highest BCUT2D eigenvalue weighted by atomic mass is 32.2. The lowest BCUT2D eigenvalue weighted by atomic mass is 10.0. The molecule has 2 heteroatoms. The molecule has 0 bridgehead atoms. The summed E-state index contributed by atoms with van der Waals surface area (Å²) in [5, 5.41) is 0. The van der Waals surface area contributed by atoms with Crippen LogP contribution in [0.25, 0.3) is 0 Å². The zero-order valence-corrected chi connectivity index (χ0v) is 14.2. The molecular formula is C21H23NS. The van der Waals surface area contributed by atoms with Crippen molar-refractivity contribution in [3.63, 3.8) is 0 Å². The van der Waals surface area contributed by atoms with E-state index in [2.05, 4.69) is 72.5 Å². The van der Waals surface area contributed by atoms with Gasteiger partial charge in [-0.2, -0.15) is 0 Å². The molecule has 1 N–H and O–H groups in total. The quantitative estimate of drug-likeness (QED) is 0.516. The SMILES string of the molecule is C=CC1CC1C(=C)NSc1cccc(CCc2ccccc2)c1. The maximum atomic E-state index is 4.15. The molecule has 23 heavy (non-hydrogen) atoms. The van der Waals surface area contributed by atoms with E-state index < -0.39 is 0 Å². The smallest absolute Gasteiger partial charge is 0.0287 e. The summed E-state index contributed by atoms with van der Waals surface area (Å²) in [6.07, 6.45) is 5.37. The van der Waals surface area contributed by atoms with Crippen molar-refractivity contribution in [2.45, 2.75) is 24.2 Å². The van der Waals surface area contributed by atoms with Crippen LogP contribution in [0.1, 0.15) is 17.5 Å². The molecule has 2 unspecified atom stereocenters. The molecule has 0 spiro atoms. The van der Waals surface area contributed by atoms with Crippen LogP contribution in [0.3, 0.4) is 0 Å². The molecule has 1 aliphatic rings. The van der Waals surface area contributed by atoms with E-state index in [4.69, 9.17) is 0 Å². The summed E-state index contributed by atoms with van der Waals surface area (Å²) < 4.78 is 3.40. The second kappa shape index (κ2) is 7.56. The van der Waals surface area contributed by atoms with Gasteiger partial charge in [-0.15, -0.1) is 6.58 Å². The van der Waals surface area contributed by atoms with Crippen molar-refractivity contribution in [1.82, 2.24) is 4.72 Å². The van der Waals surface area contributed by atoms with Crippen LogP contribution in [0, 0.1) is 11.8 Å². The predicted octanol–water partition coefficient (Wildman–Crippen LogP) is 5.40. The molecule has 1 fully saturated rings. The van der Waals surface area contributed by atoms with Gasteiger partial charge in [0.25, 0.3) is 0 Å². The van der Waals surface area contributed by atoms with Gasteiger partial charge in [0, 0.05) is 16.5 Å². The number of allylic oxidation sites excluding steroid dienone is 2. The van der Waals surface area contributed by atoms with Gasteiger partial charge in [-0.25, -0.2) is 0 Å². The molecule has 1 nitrogen and oxygen atoms in total. The average molecular weight is 321 g/mol. The lowest BCUT2D eigenvalue weighted by Crippen LogP contribution is -2.04. The standard InChI is InChI=1S/C21H23NS/c1-3-19-15-21(19)16(2)22-23-20-11-7-10-18(14-20)13-12-17-8-5-4-6-9-17/h3-11,14,19,21-22H,1-2,12-13,15H2.